The van der Waals surface area contributed by atoms with Gasteiger partial charge in [0, 0.05) is 33.2 Å². The topological polar surface area (TPSA) is 69.7 Å². The molecule has 1 aromatic rings. The largest absolute Gasteiger partial charge is 0.331 e. The number of carbonyl (C=O) groups excluding carboxylic acids is 1. The Labute approximate surface area is 143 Å². The monoisotopic (exact) mass is 351 g/mol. The second-order valence-corrected chi connectivity index (χ2v) is 8.77. The molecule has 0 unspecified atom stereocenters. The summed E-state index contributed by atoms with van der Waals surface area (Å²) in [6, 6.07) is 8.51. The zero-order valence-corrected chi connectivity index (χ0v) is 15.1. The van der Waals surface area contributed by atoms with Gasteiger partial charge in [-0.25, -0.2) is 17.9 Å². The van der Waals surface area contributed by atoms with Crippen molar-refractivity contribution in [2.75, 3.05) is 27.2 Å². The quantitative estimate of drug-likeness (QED) is 0.904. The molecule has 7 heteroatoms. The Bertz CT molecular complexity index is 695. The molecule has 132 valence electrons. The van der Waals surface area contributed by atoms with Crippen LogP contribution in [0.3, 0.4) is 0 Å². The lowest BCUT2D eigenvalue weighted by Gasteiger charge is -2.54. The molecule has 3 rings (SSSR count). The van der Waals surface area contributed by atoms with Gasteiger partial charge in [-0.2, -0.15) is 0 Å². The Kier molecular flexibility index (Phi) is 4.57. The van der Waals surface area contributed by atoms with Crippen molar-refractivity contribution in [1.29, 1.82) is 0 Å². The van der Waals surface area contributed by atoms with E-state index in [4.69, 9.17) is 0 Å². The number of sulfonamides is 1. The van der Waals surface area contributed by atoms with Gasteiger partial charge in [0.05, 0.1) is 4.90 Å². The van der Waals surface area contributed by atoms with Gasteiger partial charge in [-0.1, -0.05) is 18.2 Å². The molecule has 2 amide bonds. The summed E-state index contributed by atoms with van der Waals surface area (Å²) in [5.41, 5.74) is 0.00490. The number of amides is 2. The number of nitrogens with one attached hydrogen (secondary N) is 1. The number of benzene rings is 1. The molecule has 0 radical (unpaired) electrons. The van der Waals surface area contributed by atoms with Crippen LogP contribution in [0.15, 0.2) is 35.2 Å². The molecule has 1 aliphatic carbocycles. The van der Waals surface area contributed by atoms with Gasteiger partial charge in [0.25, 0.3) is 0 Å². The highest BCUT2D eigenvalue weighted by Gasteiger charge is 2.50. The molecule has 1 saturated heterocycles. The van der Waals surface area contributed by atoms with Crippen LogP contribution in [0.2, 0.25) is 0 Å². The summed E-state index contributed by atoms with van der Waals surface area (Å²) in [6.07, 6.45) is 3.61. The molecule has 2 aliphatic rings. The van der Waals surface area contributed by atoms with Crippen molar-refractivity contribution in [1.82, 2.24) is 14.5 Å². The molecule has 1 aromatic carbocycles. The number of hydrogen-bond donors (Lipinski definition) is 1. The van der Waals surface area contributed by atoms with E-state index >= 15 is 0 Å². The Morgan fingerprint density at radius 3 is 2.29 bits per heavy atom. The minimum absolute atomic E-state index is 0.00490. The van der Waals surface area contributed by atoms with E-state index in [2.05, 4.69) is 4.72 Å². The second kappa shape index (κ2) is 6.37. The van der Waals surface area contributed by atoms with Gasteiger partial charge < -0.3 is 9.80 Å². The van der Waals surface area contributed by atoms with Crippen LogP contribution in [-0.4, -0.2) is 57.5 Å². The lowest BCUT2D eigenvalue weighted by molar-refractivity contribution is 0.0108. The van der Waals surface area contributed by atoms with Gasteiger partial charge in [-0.05, 0) is 43.2 Å². The summed E-state index contributed by atoms with van der Waals surface area (Å²) in [7, 11) is 0.0358. The zero-order chi connectivity index (χ0) is 17.4. The molecule has 6 nitrogen and oxygen atoms in total. The fourth-order valence-electron chi connectivity index (χ4n) is 3.76. The first-order valence-electron chi connectivity index (χ1n) is 8.38. The van der Waals surface area contributed by atoms with Crippen LogP contribution in [0.5, 0.6) is 0 Å². The summed E-state index contributed by atoms with van der Waals surface area (Å²) in [6.45, 7) is 1.39. The third-order valence-electron chi connectivity index (χ3n) is 5.43. The molecule has 1 N–H and O–H groups in total. The molecule has 2 fully saturated rings. The fraction of sp³-hybridized carbons (Fsp3) is 0.588. The number of piperidine rings is 1. The number of urea groups is 1. The van der Waals surface area contributed by atoms with Gasteiger partial charge in [0.15, 0.2) is 0 Å². The highest BCUT2D eigenvalue weighted by atomic mass is 32.2. The van der Waals surface area contributed by atoms with Crippen molar-refractivity contribution < 1.29 is 13.2 Å². The van der Waals surface area contributed by atoms with E-state index in [0.29, 0.717) is 18.0 Å². The standard InChI is InChI=1S/C17H25N3O3S/c1-19(2)16(21)20-12-10-17(11-13-20)9-8-15(17)18-24(22,23)14-6-4-3-5-7-14/h3-7,15,18H,8-13H2,1-2H3/t15-/m0/s1. The fourth-order valence-corrected chi connectivity index (χ4v) is 5.15. The second-order valence-electron chi connectivity index (χ2n) is 7.05. The highest BCUT2D eigenvalue weighted by Crippen LogP contribution is 2.49. The van der Waals surface area contributed by atoms with Gasteiger partial charge in [0.1, 0.15) is 0 Å². The van der Waals surface area contributed by atoms with E-state index in [1.165, 1.54) is 0 Å². The SMILES string of the molecule is CN(C)C(=O)N1CCC2(CC[C@@H]2NS(=O)(=O)c2ccccc2)CC1. The van der Waals surface area contributed by atoms with Crippen LogP contribution >= 0.6 is 0 Å². The lowest BCUT2D eigenvalue weighted by atomic mass is 9.60. The number of hydrogen-bond acceptors (Lipinski definition) is 3. The molecule has 0 aromatic heterocycles. The zero-order valence-electron chi connectivity index (χ0n) is 14.2. The van der Waals surface area contributed by atoms with E-state index in [1.54, 1.807) is 49.3 Å². The van der Waals surface area contributed by atoms with Crippen molar-refractivity contribution in [3.63, 3.8) is 0 Å². The summed E-state index contributed by atoms with van der Waals surface area (Å²) in [5, 5.41) is 0. The summed E-state index contributed by atoms with van der Waals surface area (Å²) in [4.78, 5) is 15.8. The first-order valence-corrected chi connectivity index (χ1v) is 9.86. The van der Waals surface area contributed by atoms with Crippen LogP contribution in [0.25, 0.3) is 0 Å². The molecule has 1 aliphatic heterocycles. The van der Waals surface area contributed by atoms with E-state index in [-0.39, 0.29) is 17.5 Å². The molecule has 1 atom stereocenters. The van der Waals surface area contributed by atoms with Gasteiger partial charge in [0.2, 0.25) is 10.0 Å². The number of nitrogens with zero attached hydrogens (tertiary/aromatic N) is 2. The van der Waals surface area contributed by atoms with Crippen molar-refractivity contribution in [3.05, 3.63) is 30.3 Å². The van der Waals surface area contributed by atoms with Crippen LogP contribution in [0.4, 0.5) is 4.79 Å². The van der Waals surface area contributed by atoms with E-state index in [0.717, 1.165) is 25.7 Å². The highest BCUT2D eigenvalue weighted by molar-refractivity contribution is 7.89. The molecule has 1 saturated carbocycles. The molecular formula is C17H25N3O3S. The van der Waals surface area contributed by atoms with Crippen molar-refractivity contribution in [2.24, 2.45) is 5.41 Å². The maximum atomic E-state index is 12.5. The third-order valence-corrected chi connectivity index (χ3v) is 6.92. The van der Waals surface area contributed by atoms with E-state index in [1.807, 2.05) is 4.90 Å². The predicted molar refractivity (Wildman–Crippen MR) is 92.1 cm³/mol. The number of carbonyl (C=O) groups is 1. The predicted octanol–water partition coefficient (Wildman–Crippen LogP) is 1.89. The van der Waals surface area contributed by atoms with E-state index in [9.17, 15) is 13.2 Å². The lowest BCUT2D eigenvalue weighted by Crippen LogP contribution is -2.60. The molecule has 24 heavy (non-hydrogen) atoms. The maximum absolute atomic E-state index is 12.5. The minimum Gasteiger partial charge on any atom is -0.331 e. The number of rotatable bonds is 3. The first kappa shape index (κ1) is 17.2. The smallest absolute Gasteiger partial charge is 0.319 e. The van der Waals surface area contributed by atoms with Crippen LogP contribution < -0.4 is 4.72 Å². The summed E-state index contributed by atoms with van der Waals surface area (Å²) < 4.78 is 28.0. The Morgan fingerprint density at radius 2 is 1.79 bits per heavy atom. The molecule has 1 heterocycles. The Hall–Kier alpha value is -1.60. The van der Waals surface area contributed by atoms with Gasteiger partial charge in [-0.3, -0.25) is 0 Å². The van der Waals surface area contributed by atoms with Crippen LogP contribution in [0.1, 0.15) is 25.7 Å². The molecule has 1 spiro atoms. The van der Waals surface area contributed by atoms with E-state index < -0.39 is 10.0 Å². The average Bonchev–Trinajstić information content (AvgIpc) is 2.59. The van der Waals surface area contributed by atoms with Gasteiger partial charge >= 0.3 is 6.03 Å². The van der Waals surface area contributed by atoms with Crippen molar-refractivity contribution in [2.45, 2.75) is 36.6 Å². The number of likely N-dealkylation sites (tertiary alicyclic amines) is 1. The van der Waals surface area contributed by atoms with Crippen LogP contribution in [-0.2, 0) is 10.0 Å². The summed E-state index contributed by atoms with van der Waals surface area (Å²) in [5.74, 6) is 0. The van der Waals surface area contributed by atoms with Crippen molar-refractivity contribution in [3.8, 4) is 0 Å². The maximum Gasteiger partial charge on any atom is 0.319 e. The first-order chi connectivity index (χ1) is 11.3. The summed E-state index contributed by atoms with van der Waals surface area (Å²) >= 11 is 0. The Morgan fingerprint density at radius 1 is 1.17 bits per heavy atom. The average molecular weight is 351 g/mol. The van der Waals surface area contributed by atoms with Crippen molar-refractivity contribution >= 4 is 16.1 Å². The van der Waals surface area contributed by atoms with Crippen LogP contribution in [0, 0.1) is 5.41 Å². The Balaban J connectivity index is 1.65. The molecule has 0 bridgehead atoms. The normalized spacial score (nSPS) is 22.9. The minimum atomic E-state index is -3.48. The molecular weight excluding hydrogens is 326 g/mol. The third kappa shape index (κ3) is 3.15. The van der Waals surface area contributed by atoms with Gasteiger partial charge in [-0.15, -0.1) is 0 Å².